The summed E-state index contributed by atoms with van der Waals surface area (Å²) in [6, 6.07) is 1.53. The molecule has 1 heterocycles. The molecule has 1 aromatic rings. The van der Waals surface area contributed by atoms with Crippen molar-refractivity contribution >= 4 is 0 Å². The third kappa shape index (κ3) is 1.50. The molecule has 0 fully saturated rings. The first-order valence-electron chi connectivity index (χ1n) is 2.31. The summed E-state index contributed by atoms with van der Waals surface area (Å²) in [7, 11) is 0. The van der Waals surface area contributed by atoms with Crippen LogP contribution in [0.15, 0.2) is 18.6 Å². The lowest BCUT2D eigenvalue weighted by molar-refractivity contribution is 0.773. The number of hydrogen-bond acceptors (Lipinski definition) is 2. The molecule has 0 bridgehead atoms. The quantitative estimate of drug-likeness (QED) is 0.474. The summed E-state index contributed by atoms with van der Waals surface area (Å²) < 4.78 is 11.3. The Morgan fingerprint density at radius 1 is 1.56 bits per heavy atom. The monoisotopic (exact) mass is 122 g/mol. The first-order chi connectivity index (χ1) is 4.43. The smallest absolute Gasteiger partial charge is 0.119 e. The van der Waals surface area contributed by atoms with Gasteiger partial charge in [-0.1, -0.05) is 0 Å². The van der Waals surface area contributed by atoms with E-state index < -0.39 is 0 Å². The van der Waals surface area contributed by atoms with Crippen LogP contribution in [0.3, 0.4) is 0 Å². The molecule has 1 aromatic heterocycles. The Bertz CT molecular complexity index is 234. The fraction of sp³-hybridized carbons (Fsp3) is 0. The van der Waals surface area contributed by atoms with Crippen molar-refractivity contribution in [3.05, 3.63) is 24.3 Å². The van der Waals surface area contributed by atoms with Gasteiger partial charge in [0.1, 0.15) is 18.2 Å². The van der Waals surface area contributed by atoms with Crippen LogP contribution in [0.4, 0.5) is 4.39 Å². The number of halogens is 1. The zero-order valence-electron chi connectivity index (χ0n) is 4.50. The molecule has 0 saturated heterocycles. The van der Waals surface area contributed by atoms with Gasteiger partial charge >= 0.3 is 0 Å². The van der Waals surface area contributed by atoms with E-state index in [0.29, 0.717) is 5.69 Å². The molecule has 0 atom stereocenters. The minimum atomic E-state index is 0.396. The molecule has 0 aliphatic rings. The highest BCUT2D eigenvalue weighted by atomic mass is 19.1. The number of rotatable bonds is 0. The summed E-state index contributed by atoms with van der Waals surface area (Å²) in [5.74, 6) is 2.14. The lowest BCUT2D eigenvalue weighted by Crippen LogP contribution is -1.80. The van der Waals surface area contributed by atoms with Crippen LogP contribution in [0.2, 0.25) is 0 Å². The van der Waals surface area contributed by atoms with Crippen LogP contribution in [0.1, 0.15) is 5.69 Å². The van der Waals surface area contributed by atoms with E-state index in [1.807, 2.05) is 0 Å². The van der Waals surface area contributed by atoms with E-state index in [0.717, 1.165) is 0 Å². The standard InChI is InChI=1S/C6H3FN2/c7-3-1-6-2-4-8-5-9-6/h2,4-5H. The van der Waals surface area contributed by atoms with Crippen LogP contribution in [-0.2, 0) is 0 Å². The SMILES string of the molecule is FC#Cc1ccncn1. The average Bonchev–Trinajstić information content (AvgIpc) is 1.91. The number of hydrogen-bond donors (Lipinski definition) is 0. The predicted octanol–water partition coefficient (Wildman–Crippen LogP) is 0.755. The summed E-state index contributed by atoms with van der Waals surface area (Å²) in [6.07, 6.45) is 4.07. The van der Waals surface area contributed by atoms with E-state index in [9.17, 15) is 4.39 Å². The number of nitrogens with zero attached hydrogens (tertiary/aromatic N) is 2. The Balaban J connectivity index is 2.94. The molecule has 0 unspecified atom stereocenters. The van der Waals surface area contributed by atoms with Crippen LogP contribution >= 0.6 is 0 Å². The molecule has 44 valence electrons. The average molecular weight is 122 g/mol. The normalized spacial score (nSPS) is 7.67. The Labute approximate surface area is 51.8 Å². The van der Waals surface area contributed by atoms with E-state index in [1.54, 1.807) is 0 Å². The summed E-state index contributed by atoms with van der Waals surface area (Å²) in [5.41, 5.74) is 0.396. The van der Waals surface area contributed by atoms with Crippen molar-refractivity contribution in [1.82, 2.24) is 9.97 Å². The largest absolute Gasteiger partial charge is 0.245 e. The topological polar surface area (TPSA) is 25.8 Å². The van der Waals surface area contributed by atoms with Gasteiger partial charge in [-0.2, -0.15) is 0 Å². The van der Waals surface area contributed by atoms with Gasteiger partial charge in [0, 0.05) is 6.20 Å². The number of aromatic nitrogens is 2. The van der Waals surface area contributed by atoms with Crippen molar-refractivity contribution in [3.8, 4) is 12.1 Å². The van der Waals surface area contributed by atoms with Crippen molar-refractivity contribution in [2.45, 2.75) is 0 Å². The minimum absolute atomic E-state index is 0.396. The van der Waals surface area contributed by atoms with E-state index in [2.05, 4.69) is 15.9 Å². The Hall–Kier alpha value is -1.43. The molecule has 0 aliphatic heterocycles. The lowest BCUT2D eigenvalue weighted by Gasteiger charge is -1.81. The molecular formula is C6H3FN2. The molecular weight excluding hydrogens is 119 g/mol. The predicted molar refractivity (Wildman–Crippen MR) is 30.0 cm³/mol. The molecule has 0 radical (unpaired) electrons. The molecule has 0 aromatic carbocycles. The van der Waals surface area contributed by atoms with Gasteiger partial charge < -0.3 is 0 Å². The summed E-state index contributed by atoms with van der Waals surface area (Å²) in [4.78, 5) is 7.27. The van der Waals surface area contributed by atoms with Crippen LogP contribution < -0.4 is 0 Å². The fourth-order valence-electron chi connectivity index (χ4n) is 0.413. The van der Waals surface area contributed by atoms with Gasteiger partial charge in [0.05, 0.1) is 0 Å². The summed E-state index contributed by atoms with van der Waals surface area (Å²) in [5, 5.41) is 0. The van der Waals surface area contributed by atoms with Crippen molar-refractivity contribution in [3.63, 3.8) is 0 Å². The minimum Gasteiger partial charge on any atom is -0.245 e. The molecule has 3 heteroatoms. The molecule has 9 heavy (non-hydrogen) atoms. The van der Waals surface area contributed by atoms with E-state index in [-0.39, 0.29) is 0 Å². The Morgan fingerprint density at radius 3 is 3.00 bits per heavy atom. The molecule has 2 nitrogen and oxygen atoms in total. The molecule has 0 N–H and O–H groups in total. The van der Waals surface area contributed by atoms with Crippen LogP contribution in [0.5, 0.6) is 0 Å². The summed E-state index contributed by atoms with van der Waals surface area (Å²) in [6.45, 7) is 0. The van der Waals surface area contributed by atoms with Crippen molar-refractivity contribution in [2.75, 3.05) is 0 Å². The van der Waals surface area contributed by atoms with Gasteiger partial charge in [0.25, 0.3) is 0 Å². The maximum absolute atomic E-state index is 11.3. The van der Waals surface area contributed by atoms with Gasteiger partial charge in [-0.05, 0) is 12.0 Å². The van der Waals surface area contributed by atoms with E-state index in [4.69, 9.17) is 0 Å². The molecule has 0 amide bonds. The lowest BCUT2D eigenvalue weighted by atomic mass is 10.4. The van der Waals surface area contributed by atoms with Crippen LogP contribution in [0, 0.1) is 12.1 Å². The van der Waals surface area contributed by atoms with Crippen LogP contribution in [-0.4, -0.2) is 9.97 Å². The first kappa shape index (κ1) is 5.70. The highest BCUT2D eigenvalue weighted by Gasteiger charge is 1.81. The highest BCUT2D eigenvalue weighted by molar-refractivity contribution is 5.22. The van der Waals surface area contributed by atoms with Crippen molar-refractivity contribution < 1.29 is 4.39 Å². The van der Waals surface area contributed by atoms with Crippen molar-refractivity contribution in [1.29, 1.82) is 0 Å². The van der Waals surface area contributed by atoms with Gasteiger partial charge in [0.2, 0.25) is 0 Å². The third-order valence-electron chi connectivity index (χ3n) is 0.757. The van der Waals surface area contributed by atoms with Gasteiger partial charge in [0.15, 0.2) is 0 Å². The second kappa shape index (κ2) is 2.78. The van der Waals surface area contributed by atoms with Gasteiger partial charge in [-0.3, -0.25) is 0 Å². The zero-order chi connectivity index (χ0) is 6.53. The van der Waals surface area contributed by atoms with E-state index >= 15 is 0 Å². The molecule has 0 saturated carbocycles. The second-order valence-electron chi connectivity index (χ2n) is 1.31. The Morgan fingerprint density at radius 2 is 2.44 bits per heavy atom. The fourth-order valence-corrected chi connectivity index (χ4v) is 0.413. The molecule has 1 rings (SSSR count). The van der Waals surface area contributed by atoms with Crippen LogP contribution in [0.25, 0.3) is 0 Å². The molecule has 0 spiro atoms. The second-order valence-corrected chi connectivity index (χ2v) is 1.31. The first-order valence-corrected chi connectivity index (χ1v) is 2.31. The van der Waals surface area contributed by atoms with Gasteiger partial charge in [-0.15, -0.1) is 4.39 Å². The third-order valence-corrected chi connectivity index (χ3v) is 0.757. The maximum atomic E-state index is 11.3. The van der Waals surface area contributed by atoms with E-state index in [1.165, 1.54) is 24.8 Å². The van der Waals surface area contributed by atoms with Gasteiger partial charge in [-0.25, -0.2) is 9.97 Å². The highest BCUT2D eigenvalue weighted by Crippen LogP contribution is 1.85. The van der Waals surface area contributed by atoms with Crippen molar-refractivity contribution in [2.24, 2.45) is 0 Å². The zero-order valence-corrected chi connectivity index (χ0v) is 4.50. The maximum Gasteiger partial charge on any atom is 0.119 e. The summed E-state index contributed by atoms with van der Waals surface area (Å²) >= 11 is 0. The molecule has 0 aliphatic carbocycles. The Kier molecular flexibility index (Phi) is 1.76.